The van der Waals surface area contributed by atoms with E-state index in [1.54, 1.807) is 12.3 Å². The van der Waals surface area contributed by atoms with Crippen LogP contribution in [0.5, 0.6) is 0 Å². The quantitative estimate of drug-likeness (QED) is 0.676. The second kappa shape index (κ2) is 3.14. The van der Waals surface area contributed by atoms with Gasteiger partial charge in [0.15, 0.2) is 0 Å². The molecule has 1 amide bonds. The molecule has 2 N–H and O–H groups in total. The van der Waals surface area contributed by atoms with Crippen molar-refractivity contribution in [3.8, 4) is 0 Å². The van der Waals surface area contributed by atoms with Crippen molar-refractivity contribution in [3.63, 3.8) is 0 Å². The number of amides is 1. The molecule has 0 aliphatic carbocycles. The molecule has 1 heterocycles. The Morgan fingerprint density at radius 3 is 2.91 bits per heavy atom. The molecule has 0 radical (unpaired) electrons. The number of nitrogens with zero attached hydrogens (tertiary/aromatic N) is 1. The molecule has 0 bridgehead atoms. The van der Waals surface area contributed by atoms with E-state index in [2.05, 4.69) is 4.98 Å². The minimum absolute atomic E-state index is 0.384. The summed E-state index contributed by atoms with van der Waals surface area (Å²) >= 11 is 0. The van der Waals surface area contributed by atoms with E-state index in [0.29, 0.717) is 5.69 Å². The summed E-state index contributed by atoms with van der Waals surface area (Å²) in [5.41, 5.74) is 6.38. The lowest BCUT2D eigenvalue weighted by molar-refractivity contribution is 0.0994. The van der Waals surface area contributed by atoms with E-state index in [9.17, 15) is 4.79 Å². The summed E-state index contributed by atoms with van der Waals surface area (Å²) in [5.74, 6) is -0.456. The lowest BCUT2D eigenvalue weighted by atomic mass is 10.1. The van der Waals surface area contributed by atoms with E-state index in [0.717, 1.165) is 12.0 Å². The number of carbonyl (C=O) groups is 1. The molecule has 3 nitrogen and oxygen atoms in total. The molecule has 1 aromatic rings. The first-order valence-corrected chi connectivity index (χ1v) is 3.49. The number of nitrogens with two attached hydrogens (primary N) is 1. The van der Waals surface area contributed by atoms with Crippen LogP contribution in [-0.4, -0.2) is 10.9 Å². The Balaban J connectivity index is 3.12. The summed E-state index contributed by atoms with van der Waals surface area (Å²) in [5, 5.41) is 0. The van der Waals surface area contributed by atoms with Crippen molar-refractivity contribution >= 4 is 5.91 Å². The lowest BCUT2D eigenvalue weighted by Crippen LogP contribution is -2.15. The number of rotatable bonds is 2. The van der Waals surface area contributed by atoms with Crippen molar-refractivity contribution in [1.29, 1.82) is 0 Å². The maximum atomic E-state index is 10.7. The van der Waals surface area contributed by atoms with Crippen molar-refractivity contribution in [3.05, 3.63) is 29.6 Å². The summed E-state index contributed by atoms with van der Waals surface area (Å²) in [6, 6.07) is 3.65. The predicted molar refractivity (Wildman–Crippen MR) is 42.1 cm³/mol. The van der Waals surface area contributed by atoms with E-state index < -0.39 is 5.91 Å². The third-order valence-corrected chi connectivity index (χ3v) is 1.51. The van der Waals surface area contributed by atoms with E-state index >= 15 is 0 Å². The maximum absolute atomic E-state index is 10.7. The zero-order chi connectivity index (χ0) is 8.27. The van der Waals surface area contributed by atoms with Crippen LogP contribution in [0.2, 0.25) is 0 Å². The molecule has 0 fully saturated rings. The summed E-state index contributed by atoms with van der Waals surface area (Å²) < 4.78 is 0. The van der Waals surface area contributed by atoms with Gasteiger partial charge in [0.2, 0.25) is 0 Å². The van der Waals surface area contributed by atoms with Gasteiger partial charge < -0.3 is 5.73 Å². The molecular formula is C8H10N2O. The third-order valence-electron chi connectivity index (χ3n) is 1.51. The van der Waals surface area contributed by atoms with Crippen LogP contribution in [0, 0.1) is 0 Å². The first-order valence-electron chi connectivity index (χ1n) is 3.49. The molecule has 0 atom stereocenters. The van der Waals surface area contributed by atoms with Gasteiger partial charge >= 0.3 is 0 Å². The Bertz CT molecular complexity index is 271. The van der Waals surface area contributed by atoms with Crippen molar-refractivity contribution in [1.82, 2.24) is 4.98 Å². The van der Waals surface area contributed by atoms with Gasteiger partial charge in [0.1, 0.15) is 5.69 Å². The van der Waals surface area contributed by atoms with Crippen molar-refractivity contribution in [2.24, 2.45) is 5.73 Å². The number of pyridine rings is 1. The molecular weight excluding hydrogens is 140 g/mol. The second-order valence-corrected chi connectivity index (χ2v) is 2.23. The van der Waals surface area contributed by atoms with Crippen molar-refractivity contribution in [2.45, 2.75) is 13.3 Å². The topological polar surface area (TPSA) is 56.0 Å². The largest absolute Gasteiger partial charge is 0.364 e. The summed E-state index contributed by atoms with van der Waals surface area (Å²) in [6.07, 6.45) is 2.35. The molecule has 0 aliphatic heterocycles. The van der Waals surface area contributed by atoms with Crippen molar-refractivity contribution in [2.75, 3.05) is 0 Å². The standard InChI is InChI=1S/C8H10N2O/c1-2-6-4-3-5-10-7(6)8(9)11/h3-5H,2H2,1H3,(H2,9,11). The smallest absolute Gasteiger partial charge is 0.267 e. The first kappa shape index (κ1) is 7.72. The Labute approximate surface area is 65.2 Å². The molecule has 0 aliphatic rings. The molecule has 0 saturated heterocycles. The second-order valence-electron chi connectivity index (χ2n) is 2.23. The Hall–Kier alpha value is -1.38. The minimum atomic E-state index is -0.456. The number of hydrogen-bond acceptors (Lipinski definition) is 2. The number of carbonyl (C=O) groups excluding carboxylic acids is 1. The summed E-state index contributed by atoms with van der Waals surface area (Å²) in [7, 11) is 0. The average molecular weight is 150 g/mol. The Morgan fingerprint density at radius 1 is 1.73 bits per heavy atom. The fourth-order valence-corrected chi connectivity index (χ4v) is 0.946. The predicted octanol–water partition coefficient (Wildman–Crippen LogP) is 0.743. The van der Waals surface area contributed by atoms with E-state index in [4.69, 9.17) is 5.73 Å². The highest BCUT2D eigenvalue weighted by Gasteiger charge is 2.05. The highest BCUT2D eigenvalue weighted by atomic mass is 16.1. The normalized spacial score (nSPS) is 9.55. The minimum Gasteiger partial charge on any atom is -0.364 e. The zero-order valence-corrected chi connectivity index (χ0v) is 6.37. The van der Waals surface area contributed by atoms with Crippen LogP contribution in [0.4, 0.5) is 0 Å². The van der Waals surface area contributed by atoms with Crippen LogP contribution in [0.15, 0.2) is 18.3 Å². The van der Waals surface area contributed by atoms with Gasteiger partial charge in [0.25, 0.3) is 5.91 Å². The zero-order valence-electron chi connectivity index (χ0n) is 6.37. The van der Waals surface area contributed by atoms with Gasteiger partial charge in [-0.05, 0) is 18.1 Å². The van der Waals surface area contributed by atoms with Gasteiger partial charge in [-0.25, -0.2) is 0 Å². The van der Waals surface area contributed by atoms with Crippen molar-refractivity contribution < 1.29 is 4.79 Å². The van der Waals surface area contributed by atoms with Gasteiger partial charge in [-0.3, -0.25) is 9.78 Å². The summed E-state index contributed by atoms with van der Waals surface area (Å²) in [4.78, 5) is 14.6. The molecule has 1 aromatic heterocycles. The van der Waals surface area contributed by atoms with Gasteiger partial charge in [-0.2, -0.15) is 0 Å². The number of primary amides is 1. The number of aromatic nitrogens is 1. The lowest BCUT2D eigenvalue weighted by Gasteiger charge is -2.00. The van der Waals surface area contributed by atoms with Crippen LogP contribution in [-0.2, 0) is 6.42 Å². The Morgan fingerprint density at radius 2 is 2.45 bits per heavy atom. The molecule has 58 valence electrons. The molecule has 0 saturated carbocycles. The van der Waals surface area contributed by atoms with Gasteiger partial charge in [0, 0.05) is 6.20 Å². The number of hydrogen-bond donors (Lipinski definition) is 1. The van der Waals surface area contributed by atoms with Crippen LogP contribution in [0.3, 0.4) is 0 Å². The number of aryl methyl sites for hydroxylation is 1. The third kappa shape index (κ3) is 1.55. The molecule has 1 rings (SSSR count). The molecule has 0 aromatic carbocycles. The van der Waals surface area contributed by atoms with Gasteiger partial charge in [-0.15, -0.1) is 0 Å². The fourth-order valence-electron chi connectivity index (χ4n) is 0.946. The van der Waals surface area contributed by atoms with E-state index in [1.807, 2.05) is 13.0 Å². The highest BCUT2D eigenvalue weighted by molar-refractivity contribution is 5.92. The van der Waals surface area contributed by atoms with Crippen LogP contribution >= 0.6 is 0 Å². The average Bonchev–Trinajstić information content (AvgIpc) is 2.04. The van der Waals surface area contributed by atoms with Gasteiger partial charge in [-0.1, -0.05) is 13.0 Å². The molecule has 11 heavy (non-hydrogen) atoms. The van der Waals surface area contributed by atoms with Crippen LogP contribution in [0.1, 0.15) is 23.0 Å². The molecule has 3 heteroatoms. The Kier molecular flexibility index (Phi) is 2.21. The highest BCUT2D eigenvalue weighted by Crippen LogP contribution is 2.04. The van der Waals surface area contributed by atoms with E-state index in [-0.39, 0.29) is 0 Å². The monoisotopic (exact) mass is 150 g/mol. The fraction of sp³-hybridized carbons (Fsp3) is 0.250. The maximum Gasteiger partial charge on any atom is 0.267 e. The van der Waals surface area contributed by atoms with Crippen LogP contribution in [0.25, 0.3) is 0 Å². The first-order chi connectivity index (χ1) is 5.25. The molecule has 0 unspecified atom stereocenters. The van der Waals surface area contributed by atoms with Gasteiger partial charge in [0.05, 0.1) is 0 Å². The van der Waals surface area contributed by atoms with E-state index in [1.165, 1.54) is 0 Å². The molecule has 0 spiro atoms. The summed E-state index contributed by atoms with van der Waals surface area (Å²) in [6.45, 7) is 1.96. The van der Waals surface area contributed by atoms with Crippen LogP contribution < -0.4 is 5.73 Å². The SMILES string of the molecule is CCc1cccnc1C(N)=O.